The van der Waals surface area contributed by atoms with Gasteiger partial charge >= 0.3 is 11.9 Å². The summed E-state index contributed by atoms with van der Waals surface area (Å²) in [6.07, 6.45) is 0. The fourth-order valence-electron chi connectivity index (χ4n) is 7.19. The van der Waals surface area contributed by atoms with Crippen LogP contribution in [0.1, 0.15) is 29.8 Å². The summed E-state index contributed by atoms with van der Waals surface area (Å²) in [7, 11) is 0. The van der Waals surface area contributed by atoms with Crippen LogP contribution >= 0.6 is 0 Å². The van der Waals surface area contributed by atoms with Gasteiger partial charge in [0.25, 0.3) is 0 Å². The Morgan fingerprint density at radius 3 is 1.42 bits per heavy atom. The Morgan fingerprint density at radius 2 is 0.932 bits per heavy atom. The number of rotatable bonds is 23. The van der Waals surface area contributed by atoms with Crippen molar-refractivity contribution in [1.29, 1.82) is 5.41 Å². The van der Waals surface area contributed by atoms with Crippen molar-refractivity contribution in [2.24, 2.45) is 0 Å². The number of ether oxygens (including phenoxy) is 15. The normalized spacial score (nSPS) is 12.3. The Kier molecular flexibility index (Phi) is 15.2. The average Bonchev–Trinajstić information content (AvgIpc) is 4.19. The molecule has 0 atom stereocenters. The molecule has 0 radical (unpaired) electrons. The van der Waals surface area contributed by atoms with E-state index >= 15 is 0 Å². The monoisotopic (exact) mass is 995 g/mol. The molecule has 9 rings (SSSR count). The Morgan fingerprint density at radius 1 is 0.479 bits per heavy atom. The lowest BCUT2D eigenvalue weighted by molar-refractivity contribution is -0.130. The van der Waals surface area contributed by atoms with Crippen molar-refractivity contribution >= 4 is 17.8 Å². The largest absolute Gasteiger partial charge is 0.490 e. The molecule has 18 heteroatoms. The van der Waals surface area contributed by atoms with E-state index in [0.29, 0.717) is 68.6 Å². The van der Waals surface area contributed by atoms with Gasteiger partial charge in [-0.3, -0.25) is 5.41 Å². The van der Waals surface area contributed by atoms with Gasteiger partial charge in [-0.25, -0.2) is 9.59 Å². The molecule has 376 valence electrons. The maximum Gasteiger partial charge on any atom is 0.343 e. The molecule has 73 heavy (non-hydrogen) atoms. The summed E-state index contributed by atoms with van der Waals surface area (Å²) >= 11 is 0. The lowest BCUT2D eigenvalue weighted by Gasteiger charge is -2.19. The number of carbonyl (C=O) groups excluding carboxylic acids is 2. The second-order valence-corrected chi connectivity index (χ2v) is 16.2. The fraction of sp³-hybridized carbons (Fsp3) is 0.218. The molecular formula is C55H49NO17. The lowest BCUT2D eigenvalue weighted by atomic mass is 10.0. The van der Waals surface area contributed by atoms with Crippen molar-refractivity contribution in [2.75, 3.05) is 60.0 Å². The highest BCUT2D eigenvalue weighted by Gasteiger charge is 2.23. The second kappa shape index (κ2) is 22.7. The van der Waals surface area contributed by atoms with Crippen molar-refractivity contribution in [1.82, 2.24) is 0 Å². The summed E-state index contributed by atoms with van der Waals surface area (Å²) in [4.78, 5) is 26.5. The minimum absolute atomic E-state index is 0.00139. The van der Waals surface area contributed by atoms with E-state index in [4.69, 9.17) is 76.5 Å². The predicted octanol–water partition coefficient (Wildman–Crippen LogP) is 9.68. The van der Waals surface area contributed by atoms with Crippen LogP contribution in [-0.2, 0) is 16.1 Å². The first-order valence-corrected chi connectivity index (χ1v) is 22.9. The van der Waals surface area contributed by atoms with E-state index in [-0.39, 0.29) is 107 Å². The SMILES string of the molecule is C=C(C)C(=N)OCc1cc(-c2ccc(OC(=O)C(=C)C)cc2)ccc1OC(=O)c1cc(OCCOc2ccc3c(c2)OCO3)c(OCCOc2ccc3c(c2)OCO3)c(OCCOc2ccc3c(c2)OCO3)c1. The van der Waals surface area contributed by atoms with Crippen LogP contribution in [0.2, 0.25) is 0 Å². The Hall–Kier alpha value is -9.19. The number of hydrogen-bond acceptors (Lipinski definition) is 18. The third kappa shape index (κ3) is 12.4. The van der Waals surface area contributed by atoms with Crippen molar-refractivity contribution in [3.63, 3.8) is 0 Å². The van der Waals surface area contributed by atoms with Crippen LogP contribution in [0.25, 0.3) is 11.1 Å². The summed E-state index contributed by atoms with van der Waals surface area (Å²) in [5.41, 5.74) is 2.62. The zero-order valence-corrected chi connectivity index (χ0v) is 39.8. The third-order valence-corrected chi connectivity index (χ3v) is 10.9. The minimum atomic E-state index is -0.784. The van der Waals surface area contributed by atoms with Gasteiger partial charge in [-0.15, -0.1) is 0 Å². The zero-order chi connectivity index (χ0) is 50.7. The number of esters is 2. The summed E-state index contributed by atoms with van der Waals surface area (Å²) < 4.78 is 87.0. The van der Waals surface area contributed by atoms with Crippen LogP contribution in [0.15, 0.2) is 133 Å². The van der Waals surface area contributed by atoms with Gasteiger partial charge in [0.05, 0.1) is 5.56 Å². The molecule has 0 bridgehead atoms. The van der Waals surface area contributed by atoms with Crippen LogP contribution in [-0.4, -0.2) is 77.9 Å². The molecule has 0 saturated carbocycles. The minimum Gasteiger partial charge on any atom is -0.490 e. The van der Waals surface area contributed by atoms with Crippen molar-refractivity contribution in [3.8, 4) is 91.6 Å². The van der Waals surface area contributed by atoms with Crippen molar-refractivity contribution < 1.29 is 80.6 Å². The summed E-state index contributed by atoms with van der Waals surface area (Å²) in [5.74, 6) is 4.56. The molecule has 18 nitrogen and oxygen atoms in total. The third-order valence-electron chi connectivity index (χ3n) is 10.9. The summed E-state index contributed by atoms with van der Waals surface area (Å²) in [5, 5.41) is 8.29. The quantitative estimate of drug-likeness (QED) is 0.0159. The fourth-order valence-corrected chi connectivity index (χ4v) is 7.19. The molecule has 0 spiro atoms. The number of benzene rings is 6. The first kappa shape index (κ1) is 48.8. The molecule has 0 saturated heterocycles. The molecule has 3 aliphatic heterocycles. The van der Waals surface area contributed by atoms with Gasteiger partial charge in [0, 0.05) is 34.9 Å². The first-order valence-electron chi connectivity index (χ1n) is 22.9. The van der Waals surface area contributed by atoms with E-state index in [1.54, 1.807) is 111 Å². The number of hydrogen-bond donors (Lipinski definition) is 1. The van der Waals surface area contributed by atoms with Gasteiger partial charge in [-0.2, -0.15) is 0 Å². The Bertz CT molecular complexity index is 2950. The van der Waals surface area contributed by atoms with Crippen molar-refractivity contribution in [3.05, 3.63) is 145 Å². The molecule has 6 aromatic rings. The van der Waals surface area contributed by atoms with Crippen LogP contribution in [0.3, 0.4) is 0 Å². The molecule has 0 unspecified atom stereocenters. The zero-order valence-electron chi connectivity index (χ0n) is 39.8. The smallest absolute Gasteiger partial charge is 0.343 e. The second-order valence-electron chi connectivity index (χ2n) is 16.2. The molecule has 6 aromatic carbocycles. The van der Waals surface area contributed by atoms with E-state index in [9.17, 15) is 9.59 Å². The van der Waals surface area contributed by atoms with Crippen LogP contribution < -0.4 is 66.3 Å². The van der Waals surface area contributed by atoms with Crippen molar-refractivity contribution in [2.45, 2.75) is 20.5 Å². The van der Waals surface area contributed by atoms with Gasteiger partial charge in [-0.05, 0) is 97.8 Å². The standard InChI is InChI=1S/C55H49NO17/c1-33(2)53(56)65-29-38-23-36(35-5-8-39(9-6-35)72-54(57)34(3)4)7-13-43(38)73-55(58)37-24-50(62-20-17-59-40-10-14-44-47(26-40)69-30-66-44)52(64-22-19-61-42-12-16-46-49(28-42)71-32-68-46)51(25-37)63-21-18-60-41-11-15-45-48(27-41)70-31-67-45/h5-16,23-28,56H,1,3,17-22,29-32H2,2,4H3. The molecule has 0 fully saturated rings. The summed E-state index contributed by atoms with van der Waals surface area (Å²) in [6, 6.07) is 30.7. The molecule has 0 amide bonds. The van der Waals surface area contributed by atoms with E-state index in [0.717, 1.165) is 11.1 Å². The predicted molar refractivity (Wildman–Crippen MR) is 262 cm³/mol. The van der Waals surface area contributed by atoms with E-state index < -0.39 is 11.9 Å². The Labute approximate surface area is 419 Å². The topological polar surface area (TPSA) is 196 Å². The highest BCUT2D eigenvalue weighted by Crippen LogP contribution is 2.41. The van der Waals surface area contributed by atoms with Gasteiger partial charge in [0.15, 0.2) is 46.0 Å². The lowest BCUT2D eigenvalue weighted by Crippen LogP contribution is -2.16. The highest BCUT2D eigenvalue weighted by atomic mass is 16.7. The number of fused-ring (bicyclic) bond motifs is 3. The number of carbonyl (C=O) groups is 2. The van der Waals surface area contributed by atoms with Gasteiger partial charge in [0.1, 0.15) is 75.0 Å². The average molecular weight is 996 g/mol. The molecule has 0 aromatic heterocycles. The Balaban J connectivity index is 0.982. The van der Waals surface area contributed by atoms with Gasteiger partial charge < -0.3 is 71.1 Å². The number of nitrogens with one attached hydrogen (secondary N) is 1. The molecule has 3 aliphatic rings. The van der Waals surface area contributed by atoms with E-state index in [1.165, 1.54) is 12.1 Å². The van der Waals surface area contributed by atoms with Gasteiger partial charge in [0.2, 0.25) is 32.0 Å². The summed E-state index contributed by atoms with van der Waals surface area (Å²) in [6.45, 7) is 11.1. The maximum atomic E-state index is 14.4. The molecule has 3 heterocycles. The molecular weight excluding hydrogens is 947 g/mol. The maximum absolute atomic E-state index is 14.4. The molecule has 0 aliphatic carbocycles. The van der Waals surface area contributed by atoms with E-state index in [1.807, 2.05) is 0 Å². The highest BCUT2D eigenvalue weighted by molar-refractivity contribution is 5.93. The van der Waals surface area contributed by atoms with Crippen LogP contribution in [0.4, 0.5) is 0 Å². The van der Waals surface area contributed by atoms with Crippen LogP contribution in [0.5, 0.6) is 80.5 Å². The first-order chi connectivity index (χ1) is 35.5. The van der Waals surface area contributed by atoms with E-state index in [2.05, 4.69) is 13.2 Å². The van der Waals surface area contributed by atoms with Gasteiger partial charge in [-0.1, -0.05) is 31.4 Å². The molecule has 1 N–H and O–H groups in total. The van der Waals surface area contributed by atoms with Crippen LogP contribution in [0, 0.1) is 5.41 Å².